The van der Waals surface area contributed by atoms with Crippen LogP contribution >= 0.6 is 0 Å². The number of urea groups is 1. The predicted octanol–water partition coefficient (Wildman–Crippen LogP) is 1.82. The van der Waals surface area contributed by atoms with E-state index < -0.39 is 0 Å². The number of ether oxygens (including phenoxy) is 1. The quantitative estimate of drug-likeness (QED) is 0.779. The lowest BCUT2D eigenvalue weighted by molar-refractivity contribution is -0.0672. The van der Waals surface area contributed by atoms with Crippen molar-refractivity contribution in [1.29, 1.82) is 0 Å². The molecule has 1 aliphatic rings. The van der Waals surface area contributed by atoms with Crippen molar-refractivity contribution in [3.8, 4) is 5.69 Å². The van der Waals surface area contributed by atoms with E-state index >= 15 is 0 Å². The van der Waals surface area contributed by atoms with Crippen molar-refractivity contribution in [2.24, 2.45) is 0 Å². The molecule has 3 rings (SSSR count). The number of carbonyl (C=O) groups is 1. The molecular formula is C20H29N5O2. The Morgan fingerprint density at radius 3 is 2.59 bits per heavy atom. The molecule has 2 heterocycles. The van der Waals surface area contributed by atoms with Crippen molar-refractivity contribution in [1.82, 2.24) is 25.3 Å². The summed E-state index contributed by atoms with van der Waals surface area (Å²) < 4.78 is 7.57. The van der Waals surface area contributed by atoms with Crippen LogP contribution in [-0.2, 0) is 11.2 Å². The highest BCUT2D eigenvalue weighted by Gasteiger charge is 2.21. The Labute approximate surface area is 160 Å². The maximum atomic E-state index is 11.9. The fraction of sp³-hybridized carbons (Fsp3) is 0.500. The van der Waals surface area contributed by atoms with Gasteiger partial charge >= 0.3 is 6.03 Å². The SMILES string of the molecule is CC1CN(CCNC(=O)NCCc2cnn(-c3ccccc3)c2)CC(C)O1. The fourth-order valence-corrected chi connectivity index (χ4v) is 3.39. The van der Waals surface area contributed by atoms with Crippen molar-refractivity contribution in [3.05, 3.63) is 48.3 Å². The molecule has 2 amide bonds. The molecule has 2 aromatic rings. The number of hydrogen-bond donors (Lipinski definition) is 2. The van der Waals surface area contributed by atoms with Gasteiger partial charge in [-0.3, -0.25) is 4.90 Å². The van der Waals surface area contributed by atoms with Crippen LogP contribution in [-0.4, -0.2) is 65.6 Å². The van der Waals surface area contributed by atoms with Crippen LogP contribution in [0.4, 0.5) is 4.79 Å². The molecule has 27 heavy (non-hydrogen) atoms. The predicted molar refractivity (Wildman–Crippen MR) is 105 cm³/mol. The smallest absolute Gasteiger partial charge is 0.314 e. The summed E-state index contributed by atoms with van der Waals surface area (Å²) in [5.74, 6) is 0. The normalized spacial score (nSPS) is 20.4. The maximum Gasteiger partial charge on any atom is 0.314 e. The molecule has 1 aromatic carbocycles. The fourth-order valence-electron chi connectivity index (χ4n) is 3.39. The summed E-state index contributed by atoms with van der Waals surface area (Å²) in [7, 11) is 0. The number of amides is 2. The molecule has 7 heteroatoms. The van der Waals surface area contributed by atoms with Gasteiger partial charge in [-0.1, -0.05) is 18.2 Å². The van der Waals surface area contributed by atoms with Gasteiger partial charge in [-0.05, 0) is 38.0 Å². The summed E-state index contributed by atoms with van der Waals surface area (Å²) in [4.78, 5) is 14.3. The minimum absolute atomic E-state index is 0.125. The van der Waals surface area contributed by atoms with Crippen LogP contribution in [0.3, 0.4) is 0 Å². The van der Waals surface area contributed by atoms with Crippen molar-refractivity contribution in [2.75, 3.05) is 32.7 Å². The largest absolute Gasteiger partial charge is 0.373 e. The zero-order valence-corrected chi connectivity index (χ0v) is 16.1. The van der Waals surface area contributed by atoms with Gasteiger partial charge in [0.25, 0.3) is 0 Å². The van der Waals surface area contributed by atoms with Gasteiger partial charge in [0.05, 0.1) is 24.1 Å². The zero-order chi connectivity index (χ0) is 19.1. The van der Waals surface area contributed by atoms with Crippen LogP contribution in [0.15, 0.2) is 42.7 Å². The summed E-state index contributed by atoms with van der Waals surface area (Å²) in [5.41, 5.74) is 2.12. The summed E-state index contributed by atoms with van der Waals surface area (Å²) in [5, 5.41) is 10.2. The van der Waals surface area contributed by atoms with Crippen LogP contribution in [0.25, 0.3) is 5.69 Å². The van der Waals surface area contributed by atoms with Gasteiger partial charge in [0.15, 0.2) is 0 Å². The first kappa shape index (κ1) is 19.4. The summed E-state index contributed by atoms with van der Waals surface area (Å²) >= 11 is 0. The monoisotopic (exact) mass is 371 g/mol. The standard InChI is InChI=1S/C20H29N5O2/c1-16-13-24(14-17(2)27-16)11-10-22-20(26)21-9-8-18-12-23-25(15-18)19-6-4-3-5-7-19/h3-7,12,15-17H,8-11,13-14H2,1-2H3,(H2,21,22,26). The Bertz CT molecular complexity index is 708. The van der Waals surface area contributed by atoms with E-state index in [1.807, 2.05) is 47.4 Å². The number of nitrogens with zero attached hydrogens (tertiary/aromatic N) is 3. The molecule has 0 bridgehead atoms. The number of nitrogens with one attached hydrogen (secondary N) is 2. The Hall–Kier alpha value is -2.38. The van der Waals surface area contributed by atoms with E-state index in [2.05, 4.69) is 34.5 Å². The molecule has 7 nitrogen and oxygen atoms in total. The first-order valence-corrected chi connectivity index (χ1v) is 9.58. The van der Waals surface area contributed by atoms with E-state index in [1.54, 1.807) is 0 Å². The van der Waals surface area contributed by atoms with E-state index in [0.717, 1.165) is 37.3 Å². The number of carbonyl (C=O) groups excluding carboxylic acids is 1. The van der Waals surface area contributed by atoms with E-state index in [1.165, 1.54) is 0 Å². The van der Waals surface area contributed by atoms with Gasteiger partial charge in [-0.15, -0.1) is 0 Å². The molecule has 2 N–H and O–H groups in total. The second-order valence-electron chi connectivity index (χ2n) is 7.08. The van der Waals surface area contributed by atoms with Gasteiger partial charge in [0.1, 0.15) is 0 Å². The van der Waals surface area contributed by atoms with E-state index in [0.29, 0.717) is 13.1 Å². The van der Waals surface area contributed by atoms with Gasteiger partial charge < -0.3 is 15.4 Å². The lowest BCUT2D eigenvalue weighted by atomic mass is 10.2. The van der Waals surface area contributed by atoms with Gasteiger partial charge in [0.2, 0.25) is 0 Å². The third-order valence-electron chi connectivity index (χ3n) is 4.56. The summed E-state index contributed by atoms with van der Waals surface area (Å²) in [6, 6.07) is 9.86. The molecule has 0 spiro atoms. The summed E-state index contributed by atoms with van der Waals surface area (Å²) in [6.45, 7) is 8.06. The molecule has 1 fully saturated rings. The topological polar surface area (TPSA) is 71.4 Å². The molecule has 146 valence electrons. The maximum absolute atomic E-state index is 11.9. The Morgan fingerprint density at radius 1 is 1.15 bits per heavy atom. The molecule has 0 saturated carbocycles. The summed E-state index contributed by atoms with van der Waals surface area (Å²) in [6.07, 6.45) is 5.08. The van der Waals surface area contributed by atoms with Crippen molar-refractivity contribution < 1.29 is 9.53 Å². The van der Waals surface area contributed by atoms with Crippen LogP contribution < -0.4 is 10.6 Å². The molecule has 1 saturated heterocycles. The van der Waals surface area contributed by atoms with Crippen LogP contribution in [0.2, 0.25) is 0 Å². The van der Waals surface area contributed by atoms with Crippen LogP contribution in [0.1, 0.15) is 19.4 Å². The second-order valence-corrected chi connectivity index (χ2v) is 7.08. The molecule has 0 radical (unpaired) electrons. The van der Waals surface area contributed by atoms with Gasteiger partial charge in [0, 0.05) is 38.9 Å². The molecule has 1 aliphatic heterocycles. The van der Waals surface area contributed by atoms with Crippen molar-refractivity contribution in [2.45, 2.75) is 32.5 Å². The Balaban J connectivity index is 1.32. The molecular weight excluding hydrogens is 342 g/mol. The number of hydrogen-bond acceptors (Lipinski definition) is 4. The minimum Gasteiger partial charge on any atom is -0.373 e. The lowest BCUT2D eigenvalue weighted by Gasteiger charge is -2.35. The Kier molecular flexibility index (Phi) is 6.84. The third-order valence-corrected chi connectivity index (χ3v) is 4.56. The van der Waals surface area contributed by atoms with E-state index in [9.17, 15) is 4.79 Å². The van der Waals surface area contributed by atoms with Crippen molar-refractivity contribution in [3.63, 3.8) is 0 Å². The number of benzene rings is 1. The average Bonchev–Trinajstić information content (AvgIpc) is 3.11. The van der Waals surface area contributed by atoms with Gasteiger partial charge in [-0.25, -0.2) is 9.48 Å². The van der Waals surface area contributed by atoms with Gasteiger partial charge in [-0.2, -0.15) is 5.10 Å². The van der Waals surface area contributed by atoms with E-state index in [-0.39, 0.29) is 18.2 Å². The lowest BCUT2D eigenvalue weighted by Crippen LogP contribution is -2.48. The minimum atomic E-state index is -0.125. The first-order valence-electron chi connectivity index (χ1n) is 9.58. The third kappa shape index (κ3) is 6.08. The number of aromatic nitrogens is 2. The van der Waals surface area contributed by atoms with Crippen molar-refractivity contribution >= 4 is 6.03 Å². The molecule has 2 atom stereocenters. The highest BCUT2D eigenvalue weighted by atomic mass is 16.5. The molecule has 0 aliphatic carbocycles. The van der Waals surface area contributed by atoms with Crippen LogP contribution in [0.5, 0.6) is 0 Å². The highest BCUT2D eigenvalue weighted by molar-refractivity contribution is 5.73. The molecule has 2 unspecified atom stereocenters. The zero-order valence-electron chi connectivity index (χ0n) is 16.1. The van der Waals surface area contributed by atoms with E-state index in [4.69, 9.17) is 4.74 Å². The second kappa shape index (κ2) is 9.53. The number of para-hydroxylation sites is 1. The first-order chi connectivity index (χ1) is 13.1. The van der Waals surface area contributed by atoms with Crippen LogP contribution in [0, 0.1) is 0 Å². The number of rotatable bonds is 7. The average molecular weight is 371 g/mol. The molecule has 1 aromatic heterocycles. The highest BCUT2D eigenvalue weighted by Crippen LogP contribution is 2.09. The number of morpholine rings is 1. The Morgan fingerprint density at radius 2 is 1.85 bits per heavy atom.